The summed E-state index contributed by atoms with van der Waals surface area (Å²) in [5, 5.41) is 14.0. The molecule has 4 aromatic rings. The van der Waals surface area contributed by atoms with Crippen LogP contribution in [0, 0.1) is 12.7 Å². The second-order valence-electron chi connectivity index (χ2n) is 9.16. The Morgan fingerprint density at radius 1 is 0.974 bits per heavy atom. The predicted octanol–water partition coefficient (Wildman–Crippen LogP) is 5.84. The number of hydrogen-bond donors (Lipinski definition) is 2. The van der Waals surface area contributed by atoms with Crippen LogP contribution >= 0.6 is 0 Å². The van der Waals surface area contributed by atoms with Gasteiger partial charge in [0.2, 0.25) is 0 Å². The predicted molar refractivity (Wildman–Crippen MR) is 134 cm³/mol. The third-order valence-electron chi connectivity index (χ3n) is 6.50. The number of rotatable bonds is 5. The van der Waals surface area contributed by atoms with Crippen LogP contribution in [0.2, 0.25) is 0 Å². The van der Waals surface area contributed by atoms with Crippen LogP contribution in [0.25, 0.3) is 11.3 Å². The number of aromatic nitrogens is 2. The zero-order chi connectivity index (χ0) is 27.0. The second-order valence-corrected chi connectivity index (χ2v) is 9.16. The fourth-order valence-corrected chi connectivity index (χ4v) is 4.40. The highest BCUT2D eigenvalue weighted by atomic mass is 19.4. The number of nitrogens with zero attached hydrogens (tertiary/aromatic N) is 3. The molecule has 0 spiro atoms. The molecule has 2 N–H and O–H groups in total. The number of hydrogen-bond acceptors (Lipinski definition) is 4. The van der Waals surface area contributed by atoms with Crippen molar-refractivity contribution in [1.29, 1.82) is 0 Å². The van der Waals surface area contributed by atoms with Gasteiger partial charge in [-0.25, -0.2) is 9.37 Å². The van der Waals surface area contributed by atoms with E-state index in [4.69, 9.17) is 4.98 Å². The van der Waals surface area contributed by atoms with Crippen LogP contribution in [-0.4, -0.2) is 32.0 Å². The number of alkyl halides is 3. The summed E-state index contributed by atoms with van der Waals surface area (Å²) < 4.78 is 54.1. The molecule has 1 aromatic heterocycles. The highest BCUT2D eigenvalue weighted by Crippen LogP contribution is 2.34. The fourth-order valence-electron chi connectivity index (χ4n) is 4.40. The molecule has 196 valence electrons. The third kappa shape index (κ3) is 5.12. The van der Waals surface area contributed by atoms with Crippen molar-refractivity contribution in [2.75, 3.05) is 11.9 Å². The molecule has 1 atom stereocenters. The largest absolute Gasteiger partial charge is 0.416 e. The molecule has 1 aliphatic heterocycles. The van der Waals surface area contributed by atoms with E-state index < -0.39 is 23.8 Å². The second kappa shape index (κ2) is 9.94. The van der Waals surface area contributed by atoms with E-state index in [-0.39, 0.29) is 24.5 Å². The topological polar surface area (TPSA) is 70.4 Å². The summed E-state index contributed by atoms with van der Waals surface area (Å²) in [5.41, 5.74) is 2.42. The van der Waals surface area contributed by atoms with Gasteiger partial charge in [-0.15, -0.1) is 0 Å². The standard InChI is InChI=1S/C28H24F4N4O2/c1-17-2-12-22(13-3-17)33-26-24(18-6-10-21(29)11-7-18)34-23-16-35(14-15-36(23)26)27(38)25(37)19-4-8-20(9-5-19)28(30,31)32/h2-13,25,33,37H,14-16H2,1H3. The molecule has 1 amide bonds. The van der Waals surface area contributed by atoms with Crippen LogP contribution < -0.4 is 5.32 Å². The number of imidazole rings is 1. The molecule has 6 nitrogen and oxygen atoms in total. The molecule has 1 aliphatic rings. The number of fused-ring (bicyclic) bond motifs is 1. The number of aliphatic hydroxyl groups excluding tert-OH is 1. The molecular weight excluding hydrogens is 500 g/mol. The average Bonchev–Trinajstić information content (AvgIpc) is 3.26. The van der Waals surface area contributed by atoms with Crippen molar-refractivity contribution >= 4 is 17.4 Å². The Balaban J connectivity index is 1.42. The molecule has 0 saturated heterocycles. The highest BCUT2D eigenvalue weighted by Gasteiger charge is 2.33. The maximum Gasteiger partial charge on any atom is 0.416 e. The molecule has 0 saturated carbocycles. The molecule has 0 radical (unpaired) electrons. The summed E-state index contributed by atoms with van der Waals surface area (Å²) >= 11 is 0. The van der Waals surface area contributed by atoms with Crippen LogP contribution in [0.4, 0.5) is 29.1 Å². The first-order valence-electron chi connectivity index (χ1n) is 11.9. The summed E-state index contributed by atoms with van der Waals surface area (Å²) in [6.07, 6.45) is -6.12. The van der Waals surface area contributed by atoms with Crippen LogP contribution in [-0.2, 0) is 24.1 Å². The Labute approximate surface area is 216 Å². The normalized spacial score (nSPS) is 14.2. The van der Waals surface area contributed by atoms with E-state index in [9.17, 15) is 27.5 Å². The molecule has 1 unspecified atom stereocenters. The van der Waals surface area contributed by atoms with Crippen molar-refractivity contribution in [1.82, 2.24) is 14.5 Å². The molecule has 0 fully saturated rings. The van der Waals surface area contributed by atoms with E-state index in [1.807, 2.05) is 35.8 Å². The summed E-state index contributed by atoms with van der Waals surface area (Å²) in [6.45, 7) is 2.69. The minimum absolute atomic E-state index is 0.0747. The Kier molecular flexibility index (Phi) is 6.66. The summed E-state index contributed by atoms with van der Waals surface area (Å²) in [4.78, 5) is 19.2. The van der Waals surface area contributed by atoms with E-state index in [0.717, 1.165) is 35.5 Å². The molecule has 38 heavy (non-hydrogen) atoms. The van der Waals surface area contributed by atoms with Crippen molar-refractivity contribution in [2.24, 2.45) is 0 Å². The zero-order valence-electron chi connectivity index (χ0n) is 20.3. The van der Waals surface area contributed by atoms with E-state index in [1.165, 1.54) is 17.0 Å². The minimum Gasteiger partial charge on any atom is -0.378 e. The van der Waals surface area contributed by atoms with Crippen LogP contribution in [0.5, 0.6) is 0 Å². The van der Waals surface area contributed by atoms with E-state index in [2.05, 4.69) is 5.32 Å². The lowest BCUT2D eigenvalue weighted by Crippen LogP contribution is -2.41. The summed E-state index contributed by atoms with van der Waals surface area (Å²) in [5.74, 6) is 0.235. The quantitative estimate of drug-likeness (QED) is 0.322. The molecule has 0 bridgehead atoms. The number of amides is 1. The first kappa shape index (κ1) is 25.5. The van der Waals surface area contributed by atoms with Crippen LogP contribution in [0.1, 0.15) is 28.6 Å². The molecule has 10 heteroatoms. The first-order chi connectivity index (χ1) is 18.1. The van der Waals surface area contributed by atoms with Gasteiger partial charge in [-0.1, -0.05) is 29.8 Å². The molecule has 0 aliphatic carbocycles. The molecule has 2 heterocycles. The monoisotopic (exact) mass is 524 g/mol. The first-order valence-corrected chi connectivity index (χ1v) is 11.9. The molecule has 3 aromatic carbocycles. The third-order valence-corrected chi connectivity index (χ3v) is 6.50. The van der Waals surface area contributed by atoms with E-state index in [1.54, 1.807) is 12.1 Å². The van der Waals surface area contributed by atoms with Crippen molar-refractivity contribution in [3.63, 3.8) is 0 Å². The minimum atomic E-state index is -4.51. The summed E-state index contributed by atoms with van der Waals surface area (Å²) in [6, 6.07) is 17.6. The maximum absolute atomic E-state index is 13.6. The fraction of sp³-hybridized carbons (Fsp3) is 0.214. The van der Waals surface area contributed by atoms with E-state index >= 15 is 0 Å². The number of anilines is 2. The number of carbonyl (C=O) groups excluding carboxylic acids is 1. The van der Waals surface area contributed by atoms with Crippen molar-refractivity contribution < 1.29 is 27.5 Å². The lowest BCUT2D eigenvalue weighted by molar-refractivity contribution is -0.142. The Bertz CT molecular complexity index is 1450. The number of aliphatic hydroxyl groups is 1. The van der Waals surface area contributed by atoms with Gasteiger partial charge in [-0.2, -0.15) is 13.2 Å². The van der Waals surface area contributed by atoms with Gasteiger partial charge in [0, 0.05) is 24.3 Å². The number of carbonyl (C=O) groups is 1. The van der Waals surface area contributed by atoms with Crippen LogP contribution in [0.15, 0.2) is 72.8 Å². The van der Waals surface area contributed by atoms with Crippen molar-refractivity contribution in [3.05, 3.63) is 101 Å². The smallest absolute Gasteiger partial charge is 0.378 e. The van der Waals surface area contributed by atoms with Gasteiger partial charge in [-0.05, 0) is 61.0 Å². The average molecular weight is 525 g/mol. The SMILES string of the molecule is Cc1ccc(Nc2c(-c3ccc(F)cc3)nc3n2CCN(C(=O)C(O)c2ccc(C(F)(F)F)cc2)C3)cc1. The molecule has 5 rings (SSSR count). The number of aryl methyl sites for hydroxylation is 1. The Morgan fingerprint density at radius 2 is 1.63 bits per heavy atom. The van der Waals surface area contributed by atoms with Crippen molar-refractivity contribution in [2.45, 2.75) is 32.3 Å². The molecular formula is C28H24F4N4O2. The zero-order valence-corrected chi connectivity index (χ0v) is 20.3. The van der Waals surface area contributed by atoms with Gasteiger partial charge in [0.1, 0.15) is 23.2 Å². The van der Waals surface area contributed by atoms with Crippen molar-refractivity contribution in [3.8, 4) is 11.3 Å². The van der Waals surface area contributed by atoms with Gasteiger partial charge in [0.25, 0.3) is 5.91 Å². The highest BCUT2D eigenvalue weighted by molar-refractivity contribution is 5.82. The van der Waals surface area contributed by atoms with Gasteiger partial charge < -0.3 is 19.9 Å². The Morgan fingerprint density at radius 3 is 2.26 bits per heavy atom. The number of nitrogens with one attached hydrogen (secondary N) is 1. The lowest BCUT2D eigenvalue weighted by Gasteiger charge is -2.30. The Hall–Kier alpha value is -4.18. The lowest BCUT2D eigenvalue weighted by atomic mass is 10.1. The maximum atomic E-state index is 13.6. The van der Waals surface area contributed by atoms with Gasteiger partial charge in [0.15, 0.2) is 6.10 Å². The van der Waals surface area contributed by atoms with Gasteiger partial charge >= 0.3 is 6.18 Å². The number of halogens is 4. The summed E-state index contributed by atoms with van der Waals surface area (Å²) in [7, 11) is 0. The van der Waals surface area contributed by atoms with Crippen LogP contribution in [0.3, 0.4) is 0 Å². The van der Waals surface area contributed by atoms with E-state index in [0.29, 0.717) is 29.4 Å². The van der Waals surface area contributed by atoms with Gasteiger partial charge in [0.05, 0.1) is 12.1 Å². The van der Waals surface area contributed by atoms with Gasteiger partial charge in [-0.3, -0.25) is 4.79 Å². The number of benzene rings is 3.